The first-order valence-electron chi connectivity index (χ1n) is 24.5. The van der Waals surface area contributed by atoms with Crippen LogP contribution in [0, 0.1) is 0 Å². The molecule has 0 aromatic rings. The molecule has 0 fully saturated rings. The maximum atomic E-state index is 12.0. The first-order chi connectivity index (χ1) is 25.3. The second-order valence-corrected chi connectivity index (χ2v) is 16.8. The van der Waals surface area contributed by atoms with Crippen LogP contribution in [0.3, 0.4) is 0 Å². The van der Waals surface area contributed by atoms with Crippen molar-refractivity contribution in [3.05, 3.63) is 0 Å². The number of ether oxygens (including phenoxy) is 1. The van der Waals surface area contributed by atoms with Crippen molar-refractivity contribution in [2.45, 2.75) is 303 Å². The smallest absolute Gasteiger partial charge is 0.305 e. The van der Waals surface area contributed by atoms with E-state index in [2.05, 4.69) is 13.8 Å². The second kappa shape index (κ2) is 47.5. The number of carbonyl (C=O) groups excluding carboxylic acids is 1. The molecular formula is C49H98O2. The summed E-state index contributed by atoms with van der Waals surface area (Å²) in [5, 5.41) is 0. The van der Waals surface area contributed by atoms with Gasteiger partial charge in [0.15, 0.2) is 0 Å². The van der Waals surface area contributed by atoms with E-state index < -0.39 is 0 Å². The predicted molar refractivity (Wildman–Crippen MR) is 230 cm³/mol. The standard InChI is InChI=1S/C49H98O2/c1-3-5-7-9-11-13-15-17-19-20-21-22-23-24-25-26-27-28-29-30-31-32-33-35-37-39-41-43-45-47-49(50)51-48-46-44-42-40-38-36-34-18-16-14-12-10-8-6-4-2/h3-48H2,1-2H3. The maximum Gasteiger partial charge on any atom is 0.305 e. The summed E-state index contributed by atoms with van der Waals surface area (Å²) in [6.45, 7) is 5.23. The lowest BCUT2D eigenvalue weighted by molar-refractivity contribution is -0.143. The fourth-order valence-corrected chi connectivity index (χ4v) is 7.85. The van der Waals surface area contributed by atoms with Gasteiger partial charge < -0.3 is 4.74 Å². The lowest BCUT2D eigenvalue weighted by Crippen LogP contribution is -2.05. The second-order valence-electron chi connectivity index (χ2n) is 16.8. The number of hydrogen-bond donors (Lipinski definition) is 0. The Labute approximate surface area is 324 Å². The molecular weight excluding hydrogens is 621 g/mol. The third kappa shape index (κ3) is 47.4. The molecule has 0 aliphatic carbocycles. The topological polar surface area (TPSA) is 26.3 Å². The monoisotopic (exact) mass is 719 g/mol. The first-order valence-corrected chi connectivity index (χ1v) is 24.5. The highest BCUT2D eigenvalue weighted by molar-refractivity contribution is 5.69. The van der Waals surface area contributed by atoms with Crippen molar-refractivity contribution in [2.75, 3.05) is 6.61 Å². The van der Waals surface area contributed by atoms with Crippen molar-refractivity contribution in [3.63, 3.8) is 0 Å². The van der Waals surface area contributed by atoms with Crippen LogP contribution in [0.5, 0.6) is 0 Å². The van der Waals surface area contributed by atoms with Gasteiger partial charge in [-0.15, -0.1) is 0 Å². The molecule has 0 unspecified atom stereocenters. The van der Waals surface area contributed by atoms with Crippen molar-refractivity contribution in [1.29, 1.82) is 0 Å². The van der Waals surface area contributed by atoms with E-state index >= 15 is 0 Å². The molecule has 0 spiro atoms. The minimum absolute atomic E-state index is 0.0328. The molecule has 0 aromatic carbocycles. The molecule has 0 atom stereocenters. The quantitative estimate of drug-likeness (QED) is 0.0463. The normalized spacial score (nSPS) is 11.5. The molecule has 0 saturated heterocycles. The highest BCUT2D eigenvalue weighted by atomic mass is 16.5. The van der Waals surface area contributed by atoms with E-state index in [9.17, 15) is 4.79 Å². The van der Waals surface area contributed by atoms with Crippen LogP contribution >= 0.6 is 0 Å². The zero-order chi connectivity index (χ0) is 36.8. The summed E-state index contributed by atoms with van der Waals surface area (Å²) in [7, 11) is 0. The third-order valence-electron chi connectivity index (χ3n) is 11.5. The van der Waals surface area contributed by atoms with Gasteiger partial charge in [-0.3, -0.25) is 4.79 Å². The van der Waals surface area contributed by atoms with Gasteiger partial charge in [0.2, 0.25) is 0 Å². The van der Waals surface area contributed by atoms with E-state index in [1.165, 1.54) is 270 Å². The van der Waals surface area contributed by atoms with Gasteiger partial charge in [-0.2, -0.15) is 0 Å². The zero-order valence-electron chi connectivity index (χ0n) is 35.8. The third-order valence-corrected chi connectivity index (χ3v) is 11.5. The lowest BCUT2D eigenvalue weighted by atomic mass is 10.0. The average Bonchev–Trinajstić information content (AvgIpc) is 3.14. The van der Waals surface area contributed by atoms with Gasteiger partial charge >= 0.3 is 5.97 Å². The molecule has 0 bridgehead atoms. The molecule has 0 aliphatic rings. The van der Waals surface area contributed by atoms with Crippen LogP contribution in [0.25, 0.3) is 0 Å². The summed E-state index contributed by atoms with van der Waals surface area (Å²) in [5.74, 6) is 0.0328. The largest absolute Gasteiger partial charge is 0.466 e. The average molecular weight is 719 g/mol. The van der Waals surface area contributed by atoms with E-state index in [0.29, 0.717) is 13.0 Å². The number of hydrogen-bond acceptors (Lipinski definition) is 2. The van der Waals surface area contributed by atoms with E-state index in [0.717, 1.165) is 12.8 Å². The Bertz CT molecular complexity index is 615. The van der Waals surface area contributed by atoms with Crippen molar-refractivity contribution < 1.29 is 9.53 Å². The number of unbranched alkanes of at least 4 members (excludes halogenated alkanes) is 42. The molecule has 0 rings (SSSR count). The van der Waals surface area contributed by atoms with Gasteiger partial charge in [0, 0.05) is 6.42 Å². The van der Waals surface area contributed by atoms with Gasteiger partial charge in [0.05, 0.1) is 6.61 Å². The molecule has 0 N–H and O–H groups in total. The van der Waals surface area contributed by atoms with E-state index in [-0.39, 0.29) is 5.97 Å². The zero-order valence-corrected chi connectivity index (χ0v) is 35.8. The van der Waals surface area contributed by atoms with Crippen LogP contribution in [-0.4, -0.2) is 12.6 Å². The SMILES string of the molecule is CCCCCCCCCCCCCCCCCCCCCCCCCCCCCCCC(=O)OCCCCCCCCCCCCCCCCC. The summed E-state index contributed by atoms with van der Waals surface area (Å²) < 4.78 is 5.48. The van der Waals surface area contributed by atoms with Gasteiger partial charge in [0.1, 0.15) is 0 Å². The highest BCUT2D eigenvalue weighted by Gasteiger charge is 2.03. The summed E-state index contributed by atoms with van der Waals surface area (Å²) in [5.41, 5.74) is 0. The fraction of sp³-hybridized carbons (Fsp3) is 0.980. The molecule has 306 valence electrons. The molecule has 0 aliphatic heterocycles. The summed E-state index contributed by atoms with van der Waals surface area (Å²) >= 11 is 0. The minimum Gasteiger partial charge on any atom is -0.466 e. The van der Waals surface area contributed by atoms with Gasteiger partial charge in [0.25, 0.3) is 0 Å². The molecule has 0 amide bonds. The van der Waals surface area contributed by atoms with Crippen LogP contribution in [0.4, 0.5) is 0 Å². The van der Waals surface area contributed by atoms with Gasteiger partial charge in [-0.05, 0) is 12.8 Å². The van der Waals surface area contributed by atoms with Gasteiger partial charge in [-0.25, -0.2) is 0 Å². The molecule has 0 saturated carbocycles. The lowest BCUT2D eigenvalue weighted by Gasteiger charge is -2.06. The molecule has 51 heavy (non-hydrogen) atoms. The molecule has 2 heteroatoms. The summed E-state index contributed by atoms with van der Waals surface area (Å²) in [6, 6.07) is 0. The number of carbonyl (C=O) groups is 1. The van der Waals surface area contributed by atoms with Crippen molar-refractivity contribution in [2.24, 2.45) is 0 Å². The van der Waals surface area contributed by atoms with Crippen LogP contribution < -0.4 is 0 Å². The van der Waals surface area contributed by atoms with Crippen molar-refractivity contribution >= 4 is 5.97 Å². The Morgan fingerprint density at radius 3 is 0.647 bits per heavy atom. The number of esters is 1. The Balaban J connectivity index is 3.13. The summed E-state index contributed by atoms with van der Waals surface area (Å²) in [6.07, 6.45) is 62.4. The molecule has 2 nitrogen and oxygen atoms in total. The van der Waals surface area contributed by atoms with Crippen LogP contribution in [-0.2, 0) is 9.53 Å². The van der Waals surface area contributed by atoms with E-state index in [4.69, 9.17) is 4.74 Å². The Morgan fingerprint density at radius 1 is 0.255 bits per heavy atom. The maximum absolute atomic E-state index is 12.0. The first kappa shape index (κ1) is 50.5. The Morgan fingerprint density at radius 2 is 0.431 bits per heavy atom. The van der Waals surface area contributed by atoms with E-state index in [1.54, 1.807) is 0 Å². The Kier molecular flexibility index (Phi) is 47.0. The van der Waals surface area contributed by atoms with E-state index in [1.807, 2.05) is 0 Å². The minimum atomic E-state index is 0.0328. The highest BCUT2D eigenvalue weighted by Crippen LogP contribution is 2.17. The fourth-order valence-electron chi connectivity index (χ4n) is 7.85. The predicted octanol–water partition coefficient (Wildman–Crippen LogP) is 18.1. The van der Waals surface area contributed by atoms with Crippen LogP contribution in [0.15, 0.2) is 0 Å². The van der Waals surface area contributed by atoms with Gasteiger partial charge in [-0.1, -0.05) is 284 Å². The molecule has 0 heterocycles. The number of rotatable bonds is 46. The van der Waals surface area contributed by atoms with Crippen LogP contribution in [0.2, 0.25) is 0 Å². The molecule has 0 aromatic heterocycles. The van der Waals surface area contributed by atoms with Crippen molar-refractivity contribution in [1.82, 2.24) is 0 Å². The Hall–Kier alpha value is -0.530. The molecule has 0 radical (unpaired) electrons. The summed E-state index contributed by atoms with van der Waals surface area (Å²) in [4.78, 5) is 12.0. The van der Waals surface area contributed by atoms with Crippen LogP contribution in [0.1, 0.15) is 303 Å². The van der Waals surface area contributed by atoms with Crippen molar-refractivity contribution in [3.8, 4) is 0 Å².